The number of nitrogens with zero attached hydrogens (tertiary/aromatic N) is 1. The molecular weight excluding hydrogens is 306 g/mol. The number of fused-ring (bicyclic) bond motifs is 1. The molecule has 0 bridgehead atoms. The van der Waals surface area contributed by atoms with E-state index in [4.69, 9.17) is 0 Å². The first-order valence-corrected chi connectivity index (χ1v) is 8.50. The molecular formula is C18H23N3O3. The molecule has 6 nitrogen and oxygen atoms in total. The summed E-state index contributed by atoms with van der Waals surface area (Å²) >= 11 is 0. The van der Waals surface area contributed by atoms with Crippen molar-refractivity contribution in [2.45, 2.75) is 51.2 Å². The normalized spacial score (nSPS) is 20.8. The van der Waals surface area contributed by atoms with Gasteiger partial charge in [-0.05, 0) is 49.9 Å². The van der Waals surface area contributed by atoms with Crippen LogP contribution in [0.1, 0.15) is 60.1 Å². The summed E-state index contributed by atoms with van der Waals surface area (Å²) in [6.07, 6.45) is 3.49. The minimum atomic E-state index is -0.310. The summed E-state index contributed by atoms with van der Waals surface area (Å²) in [5.41, 5.74) is 3.08. The first kappa shape index (κ1) is 16.6. The fourth-order valence-corrected chi connectivity index (χ4v) is 3.54. The van der Waals surface area contributed by atoms with Gasteiger partial charge in [-0.25, -0.2) is 0 Å². The number of carbonyl (C=O) groups excluding carboxylic acids is 3. The summed E-state index contributed by atoms with van der Waals surface area (Å²) in [6.45, 7) is 3.58. The molecule has 24 heavy (non-hydrogen) atoms. The van der Waals surface area contributed by atoms with Crippen LogP contribution in [0.3, 0.4) is 0 Å². The Balaban J connectivity index is 1.66. The van der Waals surface area contributed by atoms with Gasteiger partial charge in [-0.3, -0.25) is 19.7 Å². The Labute approximate surface area is 141 Å². The molecule has 0 spiro atoms. The summed E-state index contributed by atoms with van der Waals surface area (Å²) in [7, 11) is 0. The molecule has 128 valence electrons. The third-order valence-corrected chi connectivity index (χ3v) is 4.97. The van der Waals surface area contributed by atoms with Gasteiger partial charge < -0.3 is 10.2 Å². The van der Waals surface area contributed by atoms with Crippen LogP contribution in [0.5, 0.6) is 0 Å². The van der Waals surface area contributed by atoms with Crippen LogP contribution in [-0.2, 0) is 16.1 Å². The SMILES string of the molecule is CC(CCC(=O)NC=O)N1Cc2cc(C3CCCN3)ccc2C1=O. The van der Waals surface area contributed by atoms with Crippen LogP contribution in [0.4, 0.5) is 0 Å². The fourth-order valence-electron chi connectivity index (χ4n) is 3.54. The third-order valence-electron chi connectivity index (χ3n) is 4.97. The van der Waals surface area contributed by atoms with Gasteiger partial charge in [0, 0.05) is 30.6 Å². The predicted octanol–water partition coefficient (Wildman–Crippen LogP) is 1.51. The van der Waals surface area contributed by atoms with E-state index in [1.807, 2.05) is 24.0 Å². The number of carbonyl (C=O) groups is 3. The Morgan fingerprint density at radius 3 is 3.04 bits per heavy atom. The minimum Gasteiger partial charge on any atom is -0.332 e. The molecule has 3 rings (SSSR count). The second kappa shape index (κ2) is 7.13. The molecule has 1 saturated heterocycles. The van der Waals surface area contributed by atoms with Crippen molar-refractivity contribution < 1.29 is 14.4 Å². The molecule has 0 aromatic heterocycles. The molecule has 1 aromatic rings. The predicted molar refractivity (Wildman–Crippen MR) is 89.2 cm³/mol. The average Bonchev–Trinajstić information content (AvgIpc) is 3.21. The zero-order valence-corrected chi connectivity index (χ0v) is 13.9. The topological polar surface area (TPSA) is 78.5 Å². The average molecular weight is 329 g/mol. The maximum absolute atomic E-state index is 12.6. The van der Waals surface area contributed by atoms with E-state index in [0.717, 1.165) is 24.1 Å². The number of hydrogen-bond donors (Lipinski definition) is 2. The summed E-state index contributed by atoms with van der Waals surface area (Å²) in [5.74, 6) is -0.283. The molecule has 1 fully saturated rings. The maximum atomic E-state index is 12.6. The summed E-state index contributed by atoms with van der Waals surface area (Å²) in [5, 5.41) is 5.61. The van der Waals surface area contributed by atoms with Gasteiger partial charge in [-0.15, -0.1) is 0 Å². The van der Waals surface area contributed by atoms with Crippen molar-refractivity contribution in [2.24, 2.45) is 0 Å². The molecule has 2 aliphatic heterocycles. The molecule has 1 aromatic carbocycles. The summed E-state index contributed by atoms with van der Waals surface area (Å²) in [6, 6.07) is 6.46. The first-order valence-electron chi connectivity index (χ1n) is 8.50. The standard InChI is InChI=1S/C18H23N3O3/c1-12(4-7-17(23)20-11-22)21-10-14-9-13(16-3-2-8-19-16)5-6-15(14)18(21)24/h5-6,9,11-12,16,19H,2-4,7-8,10H2,1H3,(H,20,22,23). The van der Waals surface area contributed by atoms with E-state index in [0.29, 0.717) is 25.4 Å². The highest BCUT2D eigenvalue weighted by Crippen LogP contribution is 2.30. The molecule has 0 saturated carbocycles. The third kappa shape index (κ3) is 3.33. The van der Waals surface area contributed by atoms with Crippen LogP contribution in [0.25, 0.3) is 0 Å². The van der Waals surface area contributed by atoms with Crippen LogP contribution in [-0.4, -0.2) is 35.7 Å². The molecule has 2 N–H and O–H groups in total. The van der Waals surface area contributed by atoms with Crippen molar-refractivity contribution in [3.63, 3.8) is 0 Å². The number of amides is 3. The fraction of sp³-hybridized carbons (Fsp3) is 0.500. The molecule has 2 heterocycles. The molecule has 2 unspecified atom stereocenters. The summed E-state index contributed by atoms with van der Waals surface area (Å²) < 4.78 is 0. The van der Waals surface area contributed by atoms with Crippen LogP contribution in [0.15, 0.2) is 18.2 Å². The van der Waals surface area contributed by atoms with E-state index in [1.165, 1.54) is 12.0 Å². The highest BCUT2D eigenvalue weighted by Gasteiger charge is 2.31. The van der Waals surface area contributed by atoms with Crippen molar-refractivity contribution in [2.75, 3.05) is 6.54 Å². The number of hydrogen-bond acceptors (Lipinski definition) is 4. The number of nitrogens with one attached hydrogen (secondary N) is 2. The van der Waals surface area contributed by atoms with Crippen molar-refractivity contribution in [3.05, 3.63) is 34.9 Å². The largest absolute Gasteiger partial charge is 0.332 e. The molecule has 2 atom stereocenters. The van der Waals surface area contributed by atoms with Gasteiger partial charge in [0.15, 0.2) is 0 Å². The van der Waals surface area contributed by atoms with Gasteiger partial charge in [0.05, 0.1) is 0 Å². The van der Waals surface area contributed by atoms with Gasteiger partial charge in [0.2, 0.25) is 12.3 Å². The van der Waals surface area contributed by atoms with Crippen molar-refractivity contribution >= 4 is 18.2 Å². The Morgan fingerprint density at radius 2 is 2.33 bits per heavy atom. The lowest BCUT2D eigenvalue weighted by Gasteiger charge is -2.23. The number of imide groups is 1. The molecule has 0 aliphatic carbocycles. The number of benzene rings is 1. The zero-order chi connectivity index (χ0) is 17.1. The quantitative estimate of drug-likeness (QED) is 0.776. The van der Waals surface area contributed by atoms with E-state index in [1.54, 1.807) is 0 Å². The van der Waals surface area contributed by atoms with E-state index < -0.39 is 0 Å². The molecule has 6 heteroatoms. The van der Waals surface area contributed by atoms with Crippen molar-refractivity contribution in [3.8, 4) is 0 Å². The lowest BCUT2D eigenvalue weighted by molar-refractivity contribution is -0.125. The van der Waals surface area contributed by atoms with Crippen LogP contribution in [0.2, 0.25) is 0 Å². The van der Waals surface area contributed by atoms with E-state index in [2.05, 4.69) is 16.7 Å². The van der Waals surface area contributed by atoms with Crippen LogP contribution >= 0.6 is 0 Å². The highest BCUT2D eigenvalue weighted by molar-refractivity contribution is 5.98. The number of rotatable bonds is 6. The van der Waals surface area contributed by atoms with Gasteiger partial charge >= 0.3 is 0 Å². The monoisotopic (exact) mass is 329 g/mol. The Hall–Kier alpha value is -2.21. The Kier molecular flexibility index (Phi) is 4.94. The Bertz CT molecular complexity index is 653. The lowest BCUT2D eigenvalue weighted by atomic mass is 10.00. The van der Waals surface area contributed by atoms with Crippen molar-refractivity contribution in [1.82, 2.24) is 15.5 Å². The van der Waals surface area contributed by atoms with Gasteiger partial charge in [0.25, 0.3) is 5.91 Å². The van der Waals surface area contributed by atoms with Crippen molar-refractivity contribution in [1.29, 1.82) is 0 Å². The lowest BCUT2D eigenvalue weighted by Crippen LogP contribution is -2.34. The second-order valence-corrected chi connectivity index (χ2v) is 6.57. The van der Waals surface area contributed by atoms with Gasteiger partial charge in [0.1, 0.15) is 0 Å². The van der Waals surface area contributed by atoms with E-state index in [-0.39, 0.29) is 24.3 Å². The van der Waals surface area contributed by atoms with Gasteiger partial charge in [-0.2, -0.15) is 0 Å². The van der Waals surface area contributed by atoms with Gasteiger partial charge in [-0.1, -0.05) is 12.1 Å². The zero-order valence-electron chi connectivity index (χ0n) is 13.9. The first-order chi connectivity index (χ1) is 11.6. The van der Waals surface area contributed by atoms with E-state index >= 15 is 0 Å². The highest BCUT2D eigenvalue weighted by atomic mass is 16.2. The summed E-state index contributed by atoms with van der Waals surface area (Å²) in [4.78, 5) is 36.1. The molecule has 3 amide bonds. The Morgan fingerprint density at radius 1 is 1.50 bits per heavy atom. The molecule has 2 aliphatic rings. The van der Waals surface area contributed by atoms with Crippen LogP contribution in [0, 0.1) is 0 Å². The molecule has 0 radical (unpaired) electrons. The minimum absolute atomic E-state index is 0.0271. The maximum Gasteiger partial charge on any atom is 0.254 e. The second-order valence-electron chi connectivity index (χ2n) is 6.57. The van der Waals surface area contributed by atoms with E-state index in [9.17, 15) is 14.4 Å². The van der Waals surface area contributed by atoms with Crippen LogP contribution < -0.4 is 10.6 Å². The smallest absolute Gasteiger partial charge is 0.254 e.